The van der Waals surface area contributed by atoms with Crippen molar-refractivity contribution in [1.29, 1.82) is 0 Å². The number of aromatic nitrogens is 2. The average molecular weight is 261 g/mol. The normalized spacial score (nSPS) is 11.6. The summed E-state index contributed by atoms with van der Waals surface area (Å²) in [4.78, 5) is 4.30. The minimum atomic E-state index is -0.568. The van der Waals surface area contributed by atoms with Crippen LogP contribution < -0.4 is 10.5 Å². The molecule has 0 saturated carbocycles. The van der Waals surface area contributed by atoms with Crippen molar-refractivity contribution in [2.45, 2.75) is 32.2 Å². The lowest BCUT2D eigenvalue weighted by molar-refractivity contribution is 0.360. The lowest BCUT2D eigenvalue weighted by Crippen LogP contribution is -2.30. The van der Waals surface area contributed by atoms with E-state index >= 15 is 0 Å². The number of hydrogen-bond donors (Lipinski definition) is 1. The van der Waals surface area contributed by atoms with E-state index < -0.39 is 5.54 Å². The molecule has 1 heterocycles. The van der Waals surface area contributed by atoms with Crippen LogP contribution in [-0.4, -0.2) is 17.3 Å². The fraction of sp³-hybridized carbons (Fsp3) is 0.429. The molecule has 0 fully saturated rings. The van der Waals surface area contributed by atoms with E-state index in [9.17, 15) is 0 Å². The SMILES string of the molecule is COc1ccc(CCc2nc(C(C)(C)N)no2)cc1. The Kier molecular flexibility index (Phi) is 3.85. The first-order chi connectivity index (χ1) is 8.99. The highest BCUT2D eigenvalue weighted by atomic mass is 16.5. The van der Waals surface area contributed by atoms with Crippen molar-refractivity contribution >= 4 is 0 Å². The summed E-state index contributed by atoms with van der Waals surface area (Å²) in [6, 6.07) is 7.95. The minimum absolute atomic E-state index is 0.539. The standard InChI is InChI=1S/C14H19N3O2/c1-14(2,15)13-16-12(19-17-13)9-6-10-4-7-11(18-3)8-5-10/h4-5,7-8H,6,9,15H2,1-3H3. The van der Waals surface area contributed by atoms with Crippen molar-refractivity contribution in [1.82, 2.24) is 10.1 Å². The van der Waals surface area contributed by atoms with E-state index in [1.807, 2.05) is 38.1 Å². The van der Waals surface area contributed by atoms with Crippen LogP contribution in [0.15, 0.2) is 28.8 Å². The fourth-order valence-corrected chi connectivity index (χ4v) is 1.66. The lowest BCUT2D eigenvalue weighted by atomic mass is 10.1. The fourth-order valence-electron chi connectivity index (χ4n) is 1.66. The van der Waals surface area contributed by atoms with Crippen LogP contribution in [0.3, 0.4) is 0 Å². The first-order valence-corrected chi connectivity index (χ1v) is 6.24. The van der Waals surface area contributed by atoms with Gasteiger partial charge in [-0.2, -0.15) is 4.98 Å². The molecule has 2 N–H and O–H groups in total. The monoisotopic (exact) mass is 261 g/mol. The Balaban J connectivity index is 1.96. The van der Waals surface area contributed by atoms with E-state index in [4.69, 9.17) is 15.0 Å². The van der Waals surface area contributed by atoms with E-state index in [1.54, 1.807) is 7.11 Å². The second-order valence-corrected chi connectivity index (χ2v) is 5.08. The number of rotatable bonds is 5. The van der Waals surface area contributed by atoms with Gasteiger partial charge in [0, 0.05) is 6.42 Å². The molecule has 0 aliphatic rings. The van der Waals surface area contributed by atoms with Crippen LogP contribution in [0.2, 0.25) is 0 Å². The summed E-state index contributed by atoms with van der Waals surface area (Å²) in [5.74, 6) is 2.01. The van der Waals surface area contributed by atoms with E-state index in [2.05, 4.69) is 10.1 Å². The number of hydrogen-bond acceptors (Lipinski definition) is 5. The van der Waals surface area contributed by atoms with E-state index in [0.29, 0.717) is 18.1 Å². The van der Waals surface area contributed by atoms with Gasteiger partial charge in [0.2, 0.25) is 5.89 Å². The molecule has 102 valence electrons. The molecule has 2 rings (SSSR count). The Morgan fingerprint density at radius 1 is 1.21 bits per heavy atom. The van der Waals surface area contributed by atoms with Gasteiger partial charge >= 0.3 is 0 Å². The van der Waals surface area contributed by atoms with Crippen molar-refractivity contribution in [3.63, 3.8) is 0 Å². The molecule has 1 aromatic carbocycles. The quantitative estimate of drug-likeness (QED) is 0.891. The highest BCUT2D eigenvalue weighted by Crippen LogP contribution is 2.15. The molecule has 0 spiro atoms. The summed E-state index contributed by atoms with van der Waals surface area (Å²) in [5, 5.41) is 3.90. The van der Waals surface area contributed by atoms with Crippen molar-refractivity contribution in [3.8, 4) is 5.75 Å². The molecule has 5 nitrogen and oxygen atoms in total. The number of aryl methyl sites for hydroxylation is 2. The van der Waals surface area contributed by atoms with Gasteiger partial charge in [-0.15, -0.1) is 0 Å². The zero-order valence-electron chi connectivity index (χ0n) is 11.5. The third-order valence-corrected chi connectivity index (χ3v) is 2.83. The number of methoxy groups -OCH3 is 1. The average Bonchev–Trinajstić information content (AvgIpc) is 2.86. The molecule has 0 unspecified atom stereocenters. The first-order valence-electron chi connectivity index (χ1n) is 6.24. The van der Waals surface area contributed by atoms with Crippen molar-refractivity contribution in [2.75, 3.05) is 7.11 Å². The van der Waals surface area contributed by atoms with Gasteiger partial charge in [0.25, 0.3) is 0 Å². The molecule has 2 aromatic rings. The molecular weight excluding hydrogens is 242 g/mol. The number of nitrogens with two attached hydrogens (primary N) is 1. The van der Waals surface area contributed by atoms with Crippen molar-refractivity contribution in [3.05, 3.63) is 41.5 Å². The summed E-state index contributed by atoms with van der Waals surface area (Å²) >= 11 is 0. The maximum Gasteiger partial charge on any atom is 0.227 e. The number of benzene rings is 1. The van der Waals surface area contributed by atoms with Gasteiger partial charge < -0.3 is 15.0 Å². The van der Waals surface area contributed by atoms with Gasteiger partial charge in [0.15, 0.2) is 5.82 Å². The van der Waals surface area contributed by atoms with Crippen LogP contribution in [0.4, 0.5) is 0 Å². The second kappa shape index (κ2) is 5.40. The molecule has 0 radical (unpaired) electrons. The second-order valence-electron chi connectivity index (χ2n) is 5.08. The van der Waals surface area contributed by atoms with Crippen LogP contribution in [-0.2, 0) is 18.4 Å². The summed E-state index contributed by atoms with van der Waals surface area (Å²) in [7, 11) is 1.66. The summed E-state index contributed by atoms with van der Waals surface area (Å²) < 4.78 is 10.3. The molecule has 0 aliphatic carbocycles. The van der Waals surface area contributed by atoms with Gasteiger partial charge in [-0.3, -0.25) is 0 Å². The first kappa shape index (κ1) is 13.5. The number of nitrogens with zero attached hydrogens (tertiary/aromatic N) is 2. The Bertz CT molecular complexity index is 526. The van der Waals surface area contributed by atoms with Crippen LogP contribution in [0.1, 0.15) is 31.1 Å². The Morgan fingerprint density at radius 3 is 2.42 bits per heavy atom. The van der Waals surface area contributed by atoms with E-state index in [0.717, 1.165) is 12.2 Å². The van der Waals surface area contributed by atoms with Gasteiger partial charge in [-0.1, -0.05) is 17.3 Å². The predicted molar refractivity (Wildman–Crippen MR) is 71.9 cm³/mol. The third-order valence-electron chi connectivity index (χ3n) is 2.83. The number of ether oxygens (including phenoxy) is 1. The molecule has 0 aliphatic heterocycles. The molecular formula is C14H19N3O2. The largest absolute Gasteiger partial charge is 0.497 e. The van der Waals surface area contributed by atoms with E-state index in [1.165, 1.54) is 5.56 Å². The van der Waals surface area contributed by atoms with Gasteiger partial charge in [-0.05, 0) is 38.0 Å². The van der Waals surface area contributed by atoms with Gasteiger partial charge in [0.1, 0.15) is 5.75 Å². The summed E-state index contributed by atoms with van der Waals surface area (Å²) in [6.07, 6.45) is 1.55. The zero-order chi connectivity index (χ0) is 13.9. The zero-order valence-corrected chi connectivity index (χ0v) is 11.5. The summed E-state index contributed by atoms with van der Waals surface area (Å²) in [5.41, 5.74) is 6.54. The maximum atomic E-state index is 5.91. The maximum absolute atomic E-state index is 5.91. The van der Waals surface area contributed by atoms with Crippen molar-refractivity contribution in [2.24, 2.45) is 5.73 Å². The van der Waals surface area contributed by atoms with Gasteiger partial charge in [-0.25, -0.2) is 0 Å². The molecule has 0 amide bonds. The molecule has 1 aromatic heterocycles. The van der Waals surface area contributed by atoms with Gasteiger partial charge in [0.05, 0.1) is 12.6 Å². The minimum Gasteiger partial charge on any atom is -0.497 e. The highest BCUT2D eigenvalue weighted by molar-refractivity contribution is 5.27. The molecule has 0 bridgehead atoms. The molecule has 19 heavy (non-hydrogen) atoms. The lowest BCUT2D eigenvalue weighted by Gasteiger charge is -2.11. The van der Waals surface area contributed by atoms with Crippen LogP contribution in [0.25, 0.3) is 0 Å². The third kappa shape index (κ3) is 3.54. The van der Waals surface area contributed by atoms with Crippen LogP contribution >= 0.6 is 0 Å². The molecule has 0 atom stereocenters. The Morgan fingerprint density at radius 2 is 1.89 bits per heavy atom. The Hall–Kier alpha value is -1.88. The smallest absolute Gasteiger partial charge is 0.227 e. The Labute approximate surface area is 112 Å². The topological polar surface area (TPSA) is 74.2 Å². The molecule has 0 saturated heterocycles. The van der Waals surface area contributed by atoms with Crippen molar-refractivity contribution < 1.29 is 9.26 Å². The summed E-state index contributed by atoms with van der Waals surface area (Å²) in [6.45, 7) is 3.70. The predicted octanol–water partition coefficient (Wildman–Crippen LogP) is 2.06. The highest BCUT2D eigenvalue weighted by Gasteiger charge is 2.21. The van der Waals surface area contributed by atoms with Crippen LogP contribution in [0.5, 0.6) is 5.75 Å². The van der Waals surface area contributed by atoms with Crippen LogP contribution in [0, 0.1) is 0 Å². The van der Waals surface area contributed by atoms with E-state index in [-0.39, 0.29) is 0 Å². The molecule has 5 heteroatoms.